The Labute approximate surface area is 111 Å². The largest absolute Gasteiger partial charge is 0.550 e. The van der Waals surface area contributed by atoms with Gasteiger partial charge in [-0.3, -0.25) is 4.79 Å². The highest BCUT2D eigenvalue weighted by atomic mass is 32.1. The third-order valence-electron chi connectivity index (χ3n) is 2.42. The molecule has 0 unspecified atom stereocenters. The van der Waals surface area contributed by atoms with Crippen LogP contribution in [0.25, 0.3) is 0 Å². The van der Waals surface area contributed by atoms with Crippen LogP contribution in [0, 0.1) is 0 Å². The van der Waals surface area contributed by atoms with Gasteiger partial charge in [-0.2, -0.15) is 0 Å². The summed E-state index contributed by atoms with van der Waals surface area (Å²) in [4.78, 5) is 22.7. The number of carboxylic acids is 1. The van der Waals surface area contributed by atoms with Crippen molar-refractivity contribution in [2.24, 2.45) is 0 Å². The number of ether oxygens (including phenoxy) is 1. The molecule has 0 aliphatic heterocycles. The smallest absolute Gasteiger partial charge is 0.305 e. The van der Waals surface area contributed by atoms with Crippen molar-refractivity contribution >= 4 is 23.3 Å². The van der Waals surface area contributed by atoms with E-state index in [9.17, 15) is 14.7 Å². The molecule has 1 aromatic heterocycles. The van der Waals surface area contributed by atoms with Crippen molar-refractivity contribution in [3.8, 4) is 0 Å². The number of rotatable bonds is 9. The fourth-order valence-electron chi connectivity index (χ4n) is 1.49. The van der Waals surface area contributed by atoms with Crippen LogP contribution >= 0.6 is 11.3 Å². The Hall–Kier alpha value is -1.36. The van der Waals surface area contributed by atoms with E-state index in [1.165, 1.54) is 4.88 Å². The molecule has 1 heterocycles. The number of hydrogen-bond acceptors (Lipinski definition) is 5. The maximum atomic E-state index is 11.2. The molecule has 0 fully saturated rings. The molecule has 100 valence electrons. The highest BCUT2D eigenvalue weighted by Gasteiger charge is 2.02. The van der Waals surface area contributed by atoms with Crippen LogP contribution in [0.2, 0.25) is 0 Å². The fourth-order valence-corrected chi connectivity index (χ4v) is 2.24. The first-order valence-electron chi connectivity index (χ1n) is 6.06. The van der Waals surface area contributed by atoms with Gasteiger partial charge in [-0.15, -0.1) is 11.3 Å². The molecule has 0 spiro atoms. The van der Waals surface area contributed by atoms with E-state index in [1.807, 2.05) is 11.4 Å². The lowest BCUT2D eigenvalue weighted by Gasteiger charge is -2.05. The number of hydrogen-bond donors (Lipinski definition) is 0. The van der Waals surface area contributed by atoms with Crippen molar-refractivity contribution in [3.05, 3.63) is 22.4 Å². The summed E-state index contributed by atoms with van der Waals surface area (Å²) in [5.74, 6) is -1.45. The summed E-state index contributed by atoms with van der Waals surface area (Å²) < 4.78 is 4.99. The monoisotopic (exact) mass is 269 g/mol. The molecule has 4 nitrogen and oxygen atoms in total. The number of carbonyl (C=O) groups is 2. The number of thiophene rings is 1. The van der Waals surface area contributed by atoms with Gasteiger partial charge in [0.15, 0.2) is 0 Å². The first-order valence-corrected chi connectivity index (χ1v) is 6.94. The number of esters is 1. The molecule has 0 amide bonds. The van der Waals surface area contributed by atoms with Gasteiger partial charge in [0.2, 0.25) is 0 Å². The predicted molar refractivity (Wildman–Crippen MR) is 67.1 cm³/mol. The zero-order valence-electron chi connectivity index (χ0n) is 10.2. The Morgan fingerprint density at radius 3 is 2.72 bits per heavy atom. The lowest BCUT2D eigenvalue weighted by molar-refractivity contribution is -0.305. The maximum absolute atomic E-state index is 11.2. The van der Waals surface area contributed by atoms with E-state index in [0.717, 1.165) is 19.3 Å². The van der Waals surface area contributed by atoms with Crippen molar-refractivity contribution in [2.75, 3.05) is 6.61 Å². The second kappa shape index (κ2) is 8.69. The van der Waals surface area contributed by atoms with Crippen molar-refractivity contribution in [1.29, 1.82) is 0 Å². The summed E-state index contributed by atoms with van der Waals surface area (Å²) in [6, 6.07) is 4.12. The molecule has 1 rings (SSSR count). The fraction of sp³-hybridized carbons (Fsp3) is 0.538. The minimum atomic E-state index is -1.13. The molecular weight excluding hydrogens is 252 g/mol. The van der Waals surface area contributed by atoms with Gasteiger partial charge in [0.1, 0.15) is 0 Å². The molecule has 0 bridgehead atoms. The summed E-state index contributed by atoms with van der Waals surface area (Å²) in [5, 5.41) is 12.2. The molecule has 0 radical (unpaired) electrons. The molecule has 0 aromatic carbocycles. The van der Waals surface area contributed by atoms with Crippen LogP contribution in [0.1, 0.15) is 37.0 Å². The molecule has 1 aromatic rings. The van der Waals surface area contributed by atoms with Gasteiger partial charge >= 0.3 is 5.97 Å². The van der Waals surface area contributed by atoms with Crippen LogP contribution in [0.4, 0.5) is 0 Å². The minimum absolute atomic E-state index is 0.0898. The predicted octanol–water partition coefficient (Wildman–Crippen LogP) is 1.53. The van der Waals surface area contributed by atoms with Crippen LogP contribution in [0.3, 0.4) is 0 Å². The van der Waals surface area contributed by atoms with Gasteiger partial charge in [-0.05, 0) is 43.6 Å². The molecule has 0 saturated heterocycles. The van der Waals surface area contributed by atoms with Gasteiger partial charge in [0.25, 0.3) is 0 Å². The van der Waals surface area contributed by atoms with E-state index in [-0.39, 0.29) is 25.2 Å². The van der Waals surface area contributed by atoms with Crippen molar-refractivity contribution < 1.29 is 19.4 Å². The Morgan fingerprint density at radius 2 is 2.06 bits per heavy atom. The average Bonchev–Trinajstić information content (AvgIpc) is 2.81. The first-order chi connectivity index (χ1) is 8.68. The molecule has 0 aliphatic rings. The van der Waals surface area contributed by atoms with Crippen molar-refractivity contribution in [2.45, 2.75) is 38.5 Å². The highest BCUT2D eigenvalue weighted by Crippen LogP contribution is 2.11. The number of carbonyl (C=O) groups excluding carboxylic acids is 2. The lowest BCUT2D eigenvalue weighted by Crippen LogP contribution is -2.22. The Balaban J connectivity index is 1.94. The molecule has 18 heavy (non-hydrogen) atoms. The van der Waals surface area contributed by atoms with Gasteiger partial charge in [0, 0.05) is 17.3 Å². The minimum Gasteiger partial charge on any atom is -0.550 e. The van der Waals surface area contributed by atoms with E-state index in [0.29, 0.717) is 6.61 Å². The summed E-state index contributed by atoms with van der Waals surface area (Å²) in [7, 11) is 0. The quantitative estimate of drug-likeness (QED) is 0.504. The lowest BCUT2D eigenvalue weighted by atomic mass is 10.2. The van der Waals surface area contributed by atoms with Crippen LogP contribution in [-0.4, -0.2) is 18.5 Å². The molecule has 5 heteroatoms. The van der Waals surface area contributed by atoms with Crippen LogP contribution in [0.5, 0.6) is 0 Å². The van der Waals surface area contributed by atoms with E-state index in [4.69, 9.17) is 4.74 Å². The number of carboxylic acid groups (broad SMARTS) is 1. The molecular formula is C13H17O4S-. The Bertz CT molecular complexity index is 359. The SMILES string of the molecule is O=C([O-])CCCC(=O)OCCCCc1cccs1. The van der Waals surface area contributed by atoms with Gasteiger partial charge in [-0.1, -0.05) is 6.07 Å². The molecule has 0 saturated carbocycles. The normalized spacial score (nSPS) is 10.2. The maximum Gasteiger partial charge on any atom is 0.305 e. The van der Waals surface area contributed by atoms with Crippen molar-refractivity contribution in [1.82, 2.24) is 0 Å². The third kappa shape index (κ3) is 7.06. The molecule has 0 N–H and O–H groups in total. The van der Waals surface area contributed by atoms with E-state index in [2.05, 4.69) is 6.07 Å². The second-order valence-corrected chi connectivity index (χ2v) is 5.01. The standard InChI is InChI=1S/C13H18O4S/c14-12(15)7-3-8-13(16)17-9-2-1-5-11-6-4-10-18-11/h4,6,10H,1-3,5,7-9H2,(H,14,15)/p-1. The van der Waals surface area contributed by atoms with Crippen molar-refractivity contribution in [3.63, 3.8) is 0 Å². The van der Waals surface area contributed by atoms with Crippen LogP contribution in [0.15, 0.2) is 17.5 Å². The number of unbranched alkanes of at least 4 members (excludes halogenated alkanes) is 1. The first kappa shape index (κ1) is 14.7. The van der Waals surface area contributed by atoms with Crippen LogP contribution in [-0.2, 0) is 20.7 Å². The Morgan fingerprint density at radius 1 is 1.22 bits per heavy atom. The van der Waals surface area contributed by atoms with Gasteiger partial charge in [-0.25, -0.2) is 0 Å². The zero-order valence-corrected chi connectivity index (χ0v) is 11.0. The number of aryl methyl sites for hydroxylation is 1. The second-order valence-electron chi connectivity index (χ2n) is 3.98. The number of aliphatic carboxylic acids is 1. The highest BCUT2D eigenvalue weighted by molar-refractivity contribution is 7.09. The molecule has 0 atom stereocenters. The summed E-state index contributed by atoms with van der Waals surface area (Å²) in [6.45, 7) is 0.412. The average molecular weight is 269 g/mol. The van der Waals surface area contributed by atoms with Gasteiger partial charge in [0.05, 0.1) is 6.61 Å². The zero-order chi connectivity index (χ0) is 13.2. The molecule has 0 aliphatic carbocycles. The van der Waals surface area contributed by atoms with E-state index < -0.39 is 5.97 Å². The van der Waals surface area contributed by atoms with Crippen LogP contribution < -0.4 is 5.11 Å². The van der Waals surface area contributed by atoms with Gasteiger partial charge < -0.3 is 14.6 Å². The van der Waals surface area contributed by atoms with E-state index >= 15 is 0 Å². The summed E-state index contributed by atoms with van der Waals surface area (Å²) >= 11 is 1.73. The topological polar surface area (TPSA) is 66.4 Å². The third-order valence-corrected chi connectivity index (χ3v) is 3.36. The Kier molecular flexibility index (Phi) is 7.10. The van der Waals surface area contributed by atoms with E-state index in [1.54, 1.807) is 11.3 Å². The summed E-state index contributed by atoms with van der Waals surface area (Å²) in [5.41, 5.74) is 0. The summed E-state index contributed by atoms with van der Waals surface area (Å²) in [6.07, 6.45) is 3.19.